The fraction of sp³-hybridized carbons (Fsp3) is 0.222. The van der Waals surface area contributed by atoms with Crippen molar-refractivity contribution in [2.75, 3.05) is 5.43 Å². The summed E-state index contributed by atoms with van der Waals surface area (Å²) in [6.07, 6.45) is 5.33. The molecule has 0 unspecified atom stereocenters. The van der Waals surface area contributed by atoms with Gasteiger partial charge in [0, 0.05) is 18.0 Å². The number of allylic oxidation sites excluding steroid dienone is 1. The van der Waals surface area contributed by atoms with Gasteiger partial charge in [-0.2, -0.15) is 0 Å². The van der Waals surface area contributed by atoms with Gasteiger partial charge in [0.1, 0.15) is 0 Å². The molecule has 1 rings (SSSR count). The van der Waals surface area contributed by atoms with E-state index in [2.05, 4.69) is 5.43 Å². The summed E-state index contributed by atoms with van der Waals surface area (Å²) in [5, 5.41) is 0. The molecule has 0 aliphatic carbocycles. The van der Waals surface area contributed by atoms with Gasteiger partial charge < -0.3 is 0 Å². The van der Waals surface area contributed by atoms with Crippen LogP contribution in [0.3, 0.4) is 0 Å². The van der Waals surface area contributed by atoms with Crippen LogP contribution in [0.25, 0.3) is 0 Å². The standard InChI is InChI=1S/C9H12N2O/c1-3-8(2)9(12)10-11-6-4-5-7-11/h3-7H,1-2H3,(H,10,12)/b8-3-. The third-order valence-corrected chi connectivity index (χ3v) is 1.63. The average Bonchev–Trinajstić information content (AvgIpc) is 2.55. The Balaban J connectivity index is 2.59. The third kappa shape index (κ3) is 1.99. The van der Waals surface area contributed by atoms with E-state index in [1.54, 1.807) is 30.1 Å². The minimum atomic E-state index is -0.0753. The van der Waals surface area contributed by atoms with E-state index in [-0.39, 0.29) is 5.91 Å². The van der Waals surface area contributed by atoms with E-state index >= 15 is 0 Å². The van der Waals surface area contributed by atoms with Crippen LogP contribution >= 0.6 is 0 Å². The van der Waals surface area contributed by atoms with Crippen LogP contribution in [0.5, 0.6) is 0 Å². The van der Waals surface area contributed by atoms with Gasteiger partial charge in [0.2, 0.25) is 0 Å². The first-order chi connectivity index (χ1) is 5.74. The minimum Gasteiger partial charge on any atom is -0.268 e. The van der Waals surface area contributed by atoms with Gasteiger partial charge in [0.15, 0.2) is 0 Å². The summed E-state index contributed by atoms with van der Waals surface area (Å²) >= 11 is 0. The van der Waals surface area contributed by atoms with E-state index in [0.29, 0.717) is 5.57 Å². The molecular formula is C9H12N2O. The molecule has 0 aromatic carbocycles. The maximum absolute atomic E-state index is 11.2. The van der Waals surface area contributed by atoms with Crippen molar-refractivity contribution >= 4 is 5.91 Å². The normalized spacial score (nSPS) is 11.3. The van der Waals surface area contributed by atoms with Crippen LogP contribution in [-0.4, -0.2) is 10.6 Å². The highest BCUT2D eigenvalue weighted by Gasteiger charge is 2.00. The van der Waals surface area contributed by atoms with Crippen LogP contribution < -0.4 is 5.43 Å². The van der Waals surface area contributed by atoms with Gasteiger partial charge >= 0.3 is 0 Å². The highest BCUT2D eigenvalue weighted by Crippen LogP contribution is 1.93. The zero-order chi connectivity index (χ0) is 8.97. The van der Waals surface area contributed by atoms with E-state index in [0.717, 1.165) is 0 Å². The van der Waals surface area contributed by atoms with Crippen LogP contribution in [0.15, 0.2) is 36.2 Å². The summed E-state index contributed by atoms with van der Waals surface area (Å²) in [5.74, 6) is -0.0753. The number of carbonyl (C=O) groups excluding carboxylic acids is 1. The molecule has 1 aromatic rings. The number of carbonyl (C=O) groups is 1. The van der Waals surface area contributed by atoms with Crippen molar-refractivity contribution < 1.29 is 4.79 Å². The van der Waals surface area contributed by atoms with Crippen LogP contribution in [0, 0.1) is 0 Å². The summed E-state index contributed by atoms with van der Waals surface area (Å²) in [6, 6.07) is 3.70. The number of nitrogens with one attached hydrogen (secondary N) is 1. The van der Waals surface area contributed by atoms with Gasteiger partial charge in [0.25, 0.3) is 5.91 Å². The van der Waals surface area contributed by atoms with Crippen LogP contribution in [0.4, 0.5) is 0 Å². The lowest BCUT2D eigenvalue weighted by Gasteiger charge is -2.04. The Labute approximate surface area is 71.7 Å². The van der Waals surface area contributed by atoms with Gasteiger partial charge in [0.05, 0.1) is 0 Å². The molecule has 1 N–H and O–H groups in total. The van der Waals surface area contributed by atoms with Crippen molar-refractivity contribution in [1.82, 2.24) is 4.68 Å². The van der Waals surface area contributed by atoms with E-state index in [1.807, 2.05) is 19.1 Å². The lowest BCUT2D eigenvalue weighted by Crippen LogP contribution is -2.21. The molecule has 0 radical (unpaired) electrons. The third-order valence-electron chi connectivity index (χ3n) is 1.63. The molecule has 1 heterocycles. The molecule has 0 spiro atoms. The van der Waals surface area contributed by atoms with Crippen LogP contribution in [-0.2, 0) is 4.79 Å². The number of nitrogens with zero attached hydrogens (tertiary/aromatic N) is 1. The number of aromatic nitrogens is 1. The first-order valence-electron chi connectivity index (χ1n) is 3.81. The zero-order valence-corrected chi connectivity index (χ0v) is 7.24. The van der Waals surface area contributed by atoms with Crippen molar-refractivity contribution in [3.8, 4) is 0 Å². The van der Waals surface area contributed by atoms with Gasteiger partial charge in [-0.1, -0.05) is 6.08 Å². The molecule has 0 aliphatic rings. The number of hydrogen-bond acceptors (Lipinski definition) is 1. The van der Waals surface area contributed by atoms with Gasteiger partial charge in [-0.15, -0.1) is 0 Å². The maximum Gasteiger partial charge on any atom is 0.265 e. The van der Waals surface area contributed by atoms with E-state index in [4.69, 9.17) is 0 Å². The van der Waals surface area contributed by atoms with Crippen molar-refractivity contribution in [3.05, 3.63) is 36.2 Å². The van der Waals surface area contributed by atoms with Crippen molar-refractivity contribution in [3.63, 3.8) is 0 Å². The Kier molecular flexibility index (Phi) is 2.69. The molecule has 3 nitrogen and oxygen atoms in total. The largest absolute Gasteiger partial charge is 0.268 e. The van der Waals surface area contributed by atoms with Crippen molar-refractivity contribution in [2.45, 2.75) is 13.8 Å². The second-order valence-corrected chi connectivity index (χ2v) is 2.50. The molecule has 1 amide bonds. The second-order valence-electron chi connectivity index (χ2n) is 2.50. The second kappa shape index (κ2) is 3.76. The lowest BCUT2D eigenvalue weighted by molar-refractivity contribution is -0.113. The Morgan fingerprint density at radius 1 is 1.42 bits per heavy atom. The van der Waals surface area contributed by atoms with Gasteiger partial charge in [-0.25, -0.2) is 0 Å². The molecule has 64 valence electrons. The van der Waals surface area contributed by atoms with Crippen molar-refractivity contribution in [1.29, 1.82) is 0 Å². The fourth-order valence-electron chi connectivity index (χ4n) is 0.746. The highest BCUT2D eigenvalue weighted by molar-refractivity contribution is 5.98. The Morgan fingerprint density at radius 2 is 2.00 bits per heavy atom. The Bertz CT molecular complexity index is 285. The Morgan fingerprint density at radius 3 is 2.50 bits per heavy atom. The summed E-state index contributed by atoms with van der Waals surface area (Å²) in [4.78, 5) is 11.2. The molecule has 0 saturated heterocycles. The fourth-order valence-corrected chi connectivity index (χ4v) is 0.746. The summed E-state index contributed by atoms with van der Waals surface area (Å²) < 4.78 is 1.62. The van der Waals surface area contributed by atoms with Gasteiger partial charge in [-0.3, -0.25) is 14.9 Å². The zero-order valence-electron chi connectivity index (χ0n) is 7.24. The predicted molar refractivity (Wildman–Crippen MR) is 48.2 cm³/mol. The molecular weight excluding hydrogens is 152 g/mol. The molecule has 0 saturated carbocycles. The number of hydrogen-bond donors (Lipinski definition) is 1. The molecule has 0 aliphatic heterocycles. The molecule has 0 atom stereocenters. The minimum absolute atomic E-state index is 0.0753. The molecule has 1 aromatic heterocycles. The number of amides is 1. The lowest BCUT2D eigenvalue weighted by atomic mass is 10.3. The van der Waals surface area contributed by atoms with E-state index < -0.39 is 0 Å². The van der Waals surface area contributed by atoms with E-state index in [9.17, 15) is 4.79 Å². The predicted octanol–water partition coefficient (Wildman–Crippen LogP) is 1.52. The summed E-state index contributed by atoms with van der Waals surface area (Å²) in [5.41, 5.74) is 3.39. The first-order valence-corrected chi connectivity index (χ1v) is 3.81. The van der Waals surface area contributed by atoms with Gasteiger partial charge in [-0.05, 0) is 26.0 Å². The molecule has 0 fully saturated rings. The van der Waals surface area contributed by atoms with E-state index in [1.165, 1.54) is 0 Å². The molecule has 0 bridgehead atoms. The smallest absolute Gasteiger partial charge is 0.265 e. The molecule has 3 heteroatoms. The molecule has 12 heavy (non-hydrogen) atoms. The average molecular weight is 164 g/mol. The maximum atomic E-state index is 11.2. The SMILES string of the molecule is C/C=C(/C)C(=O)Nn1cccc1. The van der Waals surface area contributed by atoms with Crippen LogP contribution in [0.2, 0.25) is 0 Å². The summed E-state index contributed by atoms with van der Waals surface area (Å²) in [7, 11) is 0. The first kappa shape index (κ1) is 8.59. The monoisotopic (exact) mass is 164 g/mol. The quantitative estimate of drug-likeness (QED) is 0.661. The van der Waals surface area contributed by atoms with Crippen molar-refractivity contribution in [2.24, 2.45) is 0 Å². The Hall–Kier alpha value is -1.51. The highest BCUT2D eigenvalue weighted by atomic mass is 16.2. The van der Waals surface area contributed by atoms with Crippen LogP contribution in [0.1, 0.15) is 13.8 Å². The summed E-state index contributed by atoms with van der Waals surface area (Å²) in [6.45, 7) is 3.61. The topological polar surface area (TPSA) is 34.0 Å². The number of rotatable bonds is 2.